The van der Waals surface area contributed by atoms with Gasteiger partial charge in [-0.1, -0.05) is 6.07 Å². The number of ketones is 1. The minimum atomic E-state index is -0.416. The van der Waals surface area contributed by atoms with Gasteiger partial charge in [-0.2, -0.15) is 5.10 Å². The Hall–Kier alpha value is -4.71. The average Bonchev–Trinajstić information content (AvgIpc) is 3.63. The van der Waals surface area contributed by atoms with Crippen LogP contribution in [-0.2, 0) is 4.79 Å². The lowest BCUT2D eigenvalue weighted by atomic mass is 9.98. The number of nitrogens with zero attached hydrogens (tertiary/aromatic N) is 4. The first-order valence-corrected chi connectivity index (χ1v) is 12.2. The number of methoxy groups -OCH3 is 3. The number of amides is 1. The maximum absolute atomic E-state index is 13.7. The van der Waals surface area contributed by atoms with Gasteiger partial charge in [0.15, 0.2) is 22.4 Å². The number of allylic oxidation sites excluding steroid dienone is 1. The molecule has 0 aliphatic carbocycles. The van der Waals surface area contributed by atoms with Gasteiger partial charge in [-0.3, -0.25) is 14.9 Å². The zero-order chi connectivity index (χ0) is 27.4. The Morgan fingerprint density at radius 1 is 1.03 bits per heavy atom. The molecule has 0 aliphatic heterocycles. The maximum atomic E-state index is 13.7. The third-order valence-corrected chi connectivity index (χ3v) is 6.40. The molecular weight excluding hydrogens is 508 g/mol. The molecule has 3 N–H and O–H groups in total. The van der Waals surface area contributed by atoms with E-state index in [-0.39, 0.29) is 11.5 Å². The molecule has 12 heteroatoms. The monoisotopic (exact) mass is 534 g/mol. The van der Waals surface area contributed by atoms with Crippen molar-refractivity contribution in [2.75, 3.05) is 26.6 Å². The van der Waals surface area contributed by atoms with Crippen molar-refractivity contribution in [1.29, 1.82) is 0 Å². The number of carbonyl (C=O) groups is 2. The molecule has 2 aromatic carbocycles. The van der Waals surface area contributed by atoms with Gasteiger partial charge in [0.1, 0.15) is 12.7 Å². The Kier molecular flexibility index (Phi) is 7.72. The number of benzene rings is 2. The summed E-state index contributed by atoms with van der Waals surface area (Å²) < 4.78 is 17.7. The summed E-state index contributed by atoms with van der Waals surface area (Å²) in [5.41, 5.74) is 9.19. The fourth-order valence-electron chi connectivity index (χ4n) is 3.63. The summed E-state index contributed by atoms with van der Waals surface area (Å²) in [5.74, 6) is 0.404. The van der Waals surface area contributed by atoms with E-state index in [9.17, 15) is 9.59 Å². The molecule has 0 atom stereocenters. The zero-order valence-electron chi connectivity index (χ0n) is 21.4. The highest BCUT2D eigenvalue weighted by Crippen LogP contribution is 2.39. The summed E-state index contributed by atoms with van der Waals surface area (Å²) in [6.45, 7) is 3.52. The van der Waals surface area contributed by atoms with Gasteiger partial charge in [-0.05, 0) is 43.7 Å². The first-order chi connectivity index (χ1) is 18.3. The summed E-state index contributed by atoms with van der Waals surface area (Å²) in [7, 11) is 4.47. The van der Waals surface area contributed by atoms with Crippen LogP contribution in [0.15, 0.2) is 59.6 Å². The van der Waals surface area contributed by atoms with Crippen LogP contribution >= 0.6 is 11.3 Å². The largest absolute Gasteiger partial charge is 0.493 e. The molecule has 196 valence electrons. The van der Waals surface area contributed by atoms with Crippen molar-refractivity contribution in [1.82, 2.24) is 19.7 Å². The zero-order valence-corrected chi connectivity index (χ0v) is 22.3. The van der Waals surface area contributed by atoms with Gasteiger partial charge in [0.25, 0.3) is 5.91 Å². The number of nitrogens with one attached hydrogen (secondary N) is 1. The van der Waals surface area contributed by atoms with Crippen molar-refractivity contribution in [3.05, 3.63) is 70.8 Å². The van der Waals surface area contributed by atoms with Crippen LogP contribution in [0.25, 0.3) is 16.9 Å². The molecule has 4 aromatic rings. The van der Waals surface area contributed by atoms with Gasteiger partial charge in [-0.15, -0.1) is 11.3 Å². The third-order valence-electron chi connectivity index (χ3n) is 5.64. The number of ether oxygens (including phenoxy) is 3. The molecule has 1 amide bonds. The Morgan fingerprint density at radius 2 is 1.74 bits per heavy atom. The van der Waals surface area contributed by atoms with Gasteiger partial charge in [0.2, 0.25) is 5.75 Å². The summed E-state index contributed by atoms with van der Waals surface area (Å²) in [6.07, 6.45) is 2.88. The van der Waals surface area contributed by atoms with Crippen molar-refractivity contribution in [2.45, 2.75) is 13.8 Å². The van der Waals surface area contributed by atoms with Gasteiger partial charge >= 0.3 is 0 Å². The van der Waals surface area contributed by atoms with Crippen molar-refractivity contribution in [3.8, 4) is 34.2 Å². The van der Waals surface area contributed by atoms with Crippen LogP contribution in [0.3, 0.4) is 0 Å². The van der Waals surface area contributed by atoms with E-state index in [1.165, 1.54) is 50.0 Å². The van der Waals surface area contributed by atoms with Gasteiger partial charge in [-0.25, -0.2) is 14.6 Å². The summed E-state index contributed by atoms with van der Waals surface area (Å²) in [6, 6.07) is 8.44. The first kappa shape index (κ1) is 26.4. The van der Waals surface area contributed by atoms with Crippen molar-refractivity contribution in [3.63, 3.8) is 0 Å². The molecule has 0 unspecified atom stereocenters. The lowest BCUT2D eigenvalue weighted by Crippen LogP contribution is -2.21. The molecule has 0 saturated heterocycles. The number of nitrogens with two attached hydrogens (primary N) is 1. The highest BCUT2D eigenvalue weighted by molar-refractivity contribution is 7.14. The number of rotatable bonds is 9. The number of anilines is 1. The Bertz CT molecular complexity index is 1500. The van der Waals surface area contributed by atoms with E-state index in [0.717, 1.165) is 0 Å². The number of thiazole rings is 1. The van der Waals surface area contributed by atoms with Crippen LogP contribution < -0.4 is 25.3 Å². The average molecular weight is 535 g/mol. The van der Waals surface area contributed by atoms with Crippen LogP contribution in [0, 0.1) is 0 Å². The maximum Gasteiger partial charge on any atom is 0.273 e. The second-order valence-electron chi connectivity index (χ2n) is 8.22. The minimum Gasteiger partial charge on any atom is -0.493 e. The number of hydrogen-bond donors (Lipinski definition) is 2. The predicted molar refractivity (Wildman–Crippen MR) is 143 cm³/mol. The van der Waals surface area contributed by atoms with Crippen LogP contribution in [0.5, 0.6) is 17.2 Å². The van der Waals surface area contributed by atoms with Crippen LogP contribution in [-0.4, -0.2) is 52.8 Å². The highest BCUT2D eigenvalue weighted by Gasteiger charge is 2.22. The van der Waals surface area contributed by atoms with E-state index in [1.807, 2.05) is 0 Å². The predicted octanol–water partition coefficient (Wildman–Crippen LogP) is 3.84. The SMILES string of the molecule is COc1cc(C(=O)c2ccc(-c3csc(NC(=O)C(N)=C(C)C)n3)cc2-n2cncn2)cc(OC)c1OC. The molecule has 4 rings (SSSR count). The van der Waals surface area contributed by atoms with E-state index in [0.29, 0.717) is 56.0 Å². The minimum absolute atomic E-state index is 0.143. The Morgan fingerprint density at radius 3 is 2.32 bits per heavy atom. The summed E-state index contributed by atoms with van der Waals surface area (Å²) in [5, 5.41) is 9.13. The lowest BCUT2D eigenvalue weighted by Gasteiger charge is -2.15. The standard InChI is InChI=1S/C26H26N6O5S/c1-14(2)22(27)25(34)31-26-30-18(11-38-26)15-6-7-17(19(8-15)32-13-28-12-29-32)23(33)16-9-20(35-3)24(37-5)21(10-16)36-4/h6-13H,27H2,1-5H3,(H,30,31,34). The van der Waals surface area contributed by atoms with E-state index in [2.05, 4.69) is 20.4 Å². The molecule has 11 nitrogen and oxygen atoms in total. The number of carbonyl (C=O) groups excluding carboxylic acids is 2. The fraction of sp³-hybridized carbons (Fsp3) is 0.192. The third kappa shape index (κ3) is 5.20. The molecular formula is C26H26N6O5S. The number of hydrogen-bond acceptors (Lipinski definition) is 10. The first-order valence-electron chi connectivity index (χ1n) is 11.3. The van der Waals surface area contributed by atoms with E-state index >= 15 is 0 Å². The van der Waals surface area contributed by atoms with Crippen LogP contribution in [0.1, 0.15) is 29.8 Å². The quantitative estimate of drug-likeness (QED) is 0.242. The lowest BCUT2D eigenvalue weighted by molar-refractivity contribution is -0.113. The van der Waals surface area contributed by atoms with Crippen LogP contribution in [0.2, 0.25) is 0 Å². The molecule has 2 aromatic heterocycles. The topological polar surface area (TPSA) is 143 Å². The second kappa shape index (κ2) is 11.1. The van der Waals surface area contributed by atoms with Crippen molar-refractivity contribution < 1.29 is 23.8 Å². The van der Waals surface area contributed by atoms with Crippen LogP contribution in [0.4, 0.5) is 5.13 Å². The smallest absolute Gasteiger partial charge is 0.273 e. The molecule has 0 spiro atoms. The molecule has 0 fully saturated rings. The Balaban J connectivity index is 1.74. The summed E-state index contributed by atoms with van der Waals surface area (Å²) in [4.78, 5) is 34.5. The van der Waals surface area contributed by atoms with Gasteiger partial charge in [0.05, 0.1) is 38.4 Å². The molecule has 0 saturated carbocycles. The van der Waals surface area contributed by atoms with E-state index in [1.54, 1.807) is 49.6 Å². The number of aromatic nitrogens is 4. The fourth-order valence-corrected chi connectivity index (χ4v) is 4.34. The summed E-state index contributed by atoms with van der Waals surface area (Å²) >= 11 is 1.26. The molecule has 0 aliphatic rings. The molecule has 0 radical (unpaired) electrons. The van der Waals surface area contributed by atoms with E-state index in [4.69, 9.17) is 19.9 Å². The molecule has 0 bridgehead atoms. The Labute approximate surface area is 222 Å². The van der Waals surface area contributed by atoms with Crippen molar-refractivity contribution in [2.24, 2.45) is 5.73 Å². The molecule has 2 heterocycles. The second-order valence-corrected chi connectivity index (χ2v) is 9.08. The van der Waals surface area contributed by atoms with Gasteiger partial charge in [0, 0.05) is 22.1 Å². The highest BCUT2D eigenvalue weighted by atomic mass is 32.1. The van der Waals surface area contributed by atoms with E-state index < -0.39 is 5.91 Å². The van der Waals surface area contributed by atoms with Gasteiger partial charge < -0.3 is 19.9 Å². The van der Waals surface area contributed by atoms with Crippen molar-refractivity contribution >= 4 is 28.2 Å². The molecule has 38 heavy (non-hydrogen) atoms. The normalized spacial score (nSPS) is 10.6.